The van der Waals surface area contributed by atoms with Crippen LogP contribution >= 0.6 is 23.2 Å². The predicted octanol–water partition coefficient (Wildman–Crippen LogP) is 3.37. The van der Waals surface area contributed by atoms with Crippen molar-refractivity contribution < 1.29 is 4.74 Å². The van der Waals surface area contributed by atoms with E-state index in [-0.39, 0.29) is 5.84 Å². The number of hydrogen-bond acceptors (Lipinski definition) is 2. The largest absolute Gasteiger partial charge is 0.497 e. The topological polar surface area (TPSA) is 59.1 Å². The molecule has 0 spiro atoms. The molecule has 100 valence electrons. The van der Waals surface area contributed by atoms with Gasteiger partial charge in [-0.05, 0) is 29.8 Å². The Balaban J connectivity index is 2.47. The van der Waals surface area contributed by atoms with Crippen molar-refractivity contribution in [2.45, 2.75) is 4.87 Å². The summed E-state index contributed by atoms with van der Waals surface area (Å²) in [6, 6.07) is 7.33. The molecule has 0 heterocycles. The lowest BCUT2D eigenvalue weighted by Crippen LogP contribution is -2.37. The average molecular weight is 297 g/mol. The molecule has 19 heavy (non-hydrogen) atoms. The van der Waals surface area contributed by atoms with E-state index in [0.717, 1.165) is 11.3 Å². The molecule has 1 aromatic rings. The third-order valence-corrected chi connectivity index (χ3v) is 3.91. The molecule has 0 amide bonds. The van der Waals surface area contributed by atoms with E-state index in [1.807, 2.05) is 24.3 Å². The first-order chi connectivity index (χ1) is 8.97. The normalized spacial score (nSPS) is 25.8. The molecule has 0 radical (unpaired) electrons. The predicted molar refractivity (Wildman–Crippen MR) is 79.0 cm³/mol. The van der Waals surface area contributed by atoms with Gasteiger partial charge in [0, 0.05) is 5.03 Å². The van der Waals surface area contributed by atoms with Crippen LogP contribution in [0.15, 0.2) is 47.5 Å². The summed E-state index contributed by atoms with van der Waals surface area (Å²) in [5, 5.41) is 8.21. The van der Waals surface area contributed by atoms with Gasteiger partial charge in [0.15, 0.2) is 0 Å². The first-order valence-corrected chi connectivity index (χ1v) is 6.47. The Morgan fingerprint density at radius 3 is 2.53 bits per heavy atom. The van der Waals surface area contributed by atoms with Crippen LogP contribution in [0.5, 0.6) is 5.75 Å². The van der Waals surface area contributed by atoms with Gasteiger partial charge in [0.2, 0.25) is 0 Å². The molecular formula is C14H14Cl2N2O. The molecule has 3 nitrogen and oxygen atoms in total. The number of hydrogen-bond donors (Lipinski definition) is 2. The molecule has 0 aliphatic heterocycles. The lowest BCUT2D eigenvalue weighted by molar-refractivity contribution is 0.414. The van der Waals surface area contributed by atoms with Crippen LogP contribution in [-0.2, 0) is 4.87 Å². The van der Waals surface area contributed by atoms with Crippen molar-refractivity contribution in [3.05, 3.63) is 53.1 Å². The minimum absolute atomic E-state index is 0.00230. The van der Waals surface area contributed by atoms with Crippen LogP contribution in [-0.4, -0.2) is 12.9 Å². The van der Waals surface area contributed by atoms with Crippen LogP contribution in [0.25, 0.3) is 0 Å². The number of halogens is 2. The summed E-state index contributed by atoms with van der Waals surface area (Å²) in [6.45, 7) is 0. The summed E-state index contributed by atoms with van der Waals surface area (Å²) in [6.07, 6.45) is 5.17. The lowest BCUT2D eigenvalue weighted by atomic mass is 9.81. The second-order valence-electron chi connectivity index (χ2n) is 4.32. The van der Waals surface area contributed by atoms with Gasteiger partial charge >= 0.3 is 0 Å². The van der Waals surface area contributed by atoms with E-state index in [1.165, 1.54) is 0 Å². The second-order valence-corrected chi connectivity index (χ2v) is 5.38. The van der Waals surface area contributed by atoms with Crippen LogP contribution in [0.1, 0.15) is 5.56 Å². The zero-order valence-corrected chi connectivity index (χ0v) is 11.9. The van der Waals surface area contributed by atoms with E-state index in [0.29, 0.717) is 5.03 Å². The van der Waals surface area contributed by atoms with Gasteiger partial charge in [-0.15, -0.1) is 11.6 Å². The van der Waals surface area contributed by atoms with E-state index < -0.39 is 10.8 Å². The fourth-order valence-electron chi connectivity index (χ4n) is 2.11. The van der Waals surface area contributed by atoms with Gasteiger partial charge in [0.1, 0.15) is 16.5 Å². The summed E-state index contributed by atoms with van der Waals surface area (Å²) in [5.41, 5.74) is 6.45. The Hall–Kier alpha value is -1.45. The molecule has 0 saturated heterocycles. The smallest absolute Gasteiger partial charge is 0.118 e. The number of benzene rings is 1. The fourth-order valence-corrected chi connectivity index (χ4v) is 2.84. The monoisotopic (exact) mass is 296 g/mol. The summed E-state index contributed by atoms with van der Waals surface area (Å²) in [4.78, 5) is -0.941. The highest BCUT2D eigenvalue weighted by molar-refractivity contribution is 6.34. The van der Waals surface area contributed by atoms with Crippen molar-refractivity contribution in [3.63, 3.8) is 0 Å². The summed E-state index contributed by atoms with van der Waals surface area (Å²) in [7, 11) is 1.60. The third-order valence-electron chi connectivity index (χ3n) is 3.12. The lowest BCUT2D eigenvalue weighted by Gasteiger charge is -2.33. The Morgan fingerprint density at radius 1 is 1.37 bits per heavy atom. The van der Waals surface area contributed by atoms with E-state index >= 15 is 0 Å². The Morgan fingerprint density at radius 2 is 2.00 bits per heavy atom. The first-order valence-electron chi connectivity index (χ1n) is 5.71. The molecule has 0 fully saturated rings. The van der Waals surface area contributed by atoms with Crippen molar-refractivity contribution in [2.24, 2.45) is 11.7 Å². The number of methoxy groups -OCH3 is 1. The van der Waals surface area contributed by atoms with Crippen LogP contribution in [0.2, 0.25) is 0 Å². The highest BCUT2D eigenvalue weighted by Gasteiger charge is 2.39. The third kappa shape index (κ3) is 2.62. The minimum atomic E-state index is -0.941. The zero-order chi connectivity index (χ0) is 14.0. The van der Waals surface area contributed by atoms with E-state index in [9.17, 15) is 0 Å². The second kappa shape index (κ2) is 5.27. The van der Waals surface area contributed by atoms with Gasteiger partial charge in [-0.3, -0.25) is 5.41 Å². The maximum Gasteiger partial charge on any atom is 0.118 e. The van der Waals surface area contributed by atoms with Crippen molar-refractivity contribution >= 4 is 29.0 Å². The summed E-state index contributed by atoms with van der Waals surface area (Å²) >= 11 is 12.7. The molecule has 0 aromatic heterocycles. The zero-order valence-electron chi connectivity index (χ0n) is 10.4. The molecule has 1 aromatic carbocycles. The van der Waals surface area contributed by atoms with Gasteiger partial charge in [0.05, 0.1) is 13.0 Å². The average Bonchev–Trinajstić information content (AvgIpc) is 2.38. The number of allylic oxidation sites excluding steroid dienone is 3. The quantitative estimate of drug-likeness (QED) is 0.510. The van der Waals surface area contributed by atoms with Gasteiger partial charge < -0.3 is 10.5 Å². The molecule has 0 saturated carbocycles. The Kier molecular flexibility index (Phi) is 3.88. The Labute approximate surface area is 122 Å². The fraction of sp³-hybridized carbons (Fsp3) is 0.214. The number of alkyl halides is 1. The van der Waals surface area contributed by atoms with Crippen molar-refractivity contribution in [3.8, 4) is 5.75 Å². The minimum Gasteiger partial charge on any atom is -0.497 e. The maximum atomic E-state index is 7.68. The van der Waals surface area contributed by atoms with Crippen LogP contribution in [0.4, 0.5) is 0 Å². The summed E-state index contributed by atoms with van der Waals surface area (Å²) < 4.78 is 5.12. The molecule has 1 aliphatic carbocycles. The van der Waals surface area contributed by atoms with Crippen molar-refractivity contribution in [1.82, 2.24) is 0 Å². The van der Waals surface area contributed by atoms with Crippen LogP contribution < -0.4 is 10.5 Å². The number of nitrogens with one attached hydrogen (secondary N) is 1. The van der Waals surface area contributed by atoms with Gasteiger partial charge in [-0.1, -0.05) is 29.8 Å². The van der Waals surface area contributed by atoms with Crippen molar-refractivity contribution in [2.75, 3.05) is 7.11 Å². The summed E-state index contributed by atoms with van der Waals surface area (Å²) in [5.74, 6) is 0.317. The molecule has 2 atom stereocenters. The molecule has 2 rings (SSSR count). The highest BCUT2D eigenvalue weighted by Crippen LogP contribution is 2.43. The van der Waals surface area contributed by atoms with Crippen LogP contribution in [0.3, 0.4) is 0 Å². The molecular weight excluding hydrogens is 283 g/mol. The Bertz CT molecular complexity index is 551. The van der Waals surface area contributed by atoms with Gasteiger partial charge in [-0.25, -0.2) is 0 Å². The molecule has 2 unspecified atom stereocenters. The number of nitrogens with two attached hydrogens (primary N) is 1. The SMILES string of the molecule is COc1ccc(C2(Cl)C=C(Cl)C=CC2C(=N)N)cc1. The van der Waals surface area contributed by atoms with Gasteiger partial charge in [0.25, 0.3) is 0 Å². The number of amidine groups is 1. The first kappa shape index (κ1) is 14.0. The number of rotatable bonds is 3. The molecule has 5 heteroatoms. The van der Waals surface area contributed by atoms with E-state index in [2.05, 4.69) is 0 Å². The molecule has 3 N–H and O–H groups in total. The van der Waals surface area contributed by atoms with Crippen molar-refractivity contribution in [1.29, 1.82) is 5.41 Å². The van der Waals surface area contributed by atoms with E-state index in [4.69, 9.17) is 39.1 Å². The number of ether oxygens (including phenoxy) is 1. The standard InChI is InChI=1S/C14H14Cl2N2O/c1-19-11-5-2-9(3-6-11)14(16)8-10(15)4-7-12(14)13(17)18/h2-8,12H,1H3,(H3,17,18). The highest BCUT2D eigenvalue weighted by atomic mass is 35.5. The van der Waals surface area contributed by atoms with Crippen LogP contribution in [0, 0.1) is 11.3 Å². The molecule has 0 bridgehead atoms. The molecule has 1 aliphatic rings. The van der Waals surface area contributed by atoms with Gasteiger partial charge in [-0.2, -0.15) is 0 Å². The maximum absolute atomic E-state index is 7.68. The van der Waals surface area contributed by atoms with E-state index in [1.54, 1.807) is 25.3 Å².